The van der Waals surface area contributed by atoms with Gasteiger partial charge in [-0.2, -0.15) is 5.26 Å². The maximum atomic E-state index is 12.3. The quantitative estimate of drug-likeness (QED) is 0.488. The predicted octanol–water partition coefficient (Wildman–Crippen LogP) is 4.79. The molecule has 28 heavy (non-hydrogen) atoms. The number of fused-ring (bicyclic) bond motifs is 2. The Balaban J connectivity index is 1.43. The number of thiocarbonyl (C=S) groups is 1. The smallest absolute Gasteiger partial charge is 0.250 e. The average molecular weight is 404 g/mol. The van der Waals surface area contributed by atoms with Crippen LogP contribution in [0.4, 0.5) is 5.00 Å². The summed E-state index contributed by atoms with van der Waals surface area (Å²) in [6.45, 7) is 0. The fourth-order valence-corrected chi connectivity index (χ4v) is 4.97. The minimum atomic E-state index is -0.312. The highest BCUT2D eigenvalue weighted by Crippen LogP contribution is 2.38. The Morgan fingerprint density at radius 3 is 2.86 bits per heavy atom. The van der Waals surface area contributed by atoms with Crippen molar-refractivity contribution in [2.75, 3.05) is 5.32 Å². The van der Waals surface area contributed by atoms with Crippen molar-refractivity contribution in [3.05, 3.63) is 70.1 Å². The van der Waals surface area contributed by atoms with Crippen molar-refractivity contribution in [2.24, 2.45) is 0 Å². The minimum absolute atomic E-state index is 0.198. The van der Waals surface area contributed by atoms with Crippen molar-refractivity contribution < 1.29 is 4.79 Å². The Kier molecular flexibility index (Phi) is 5.20. The molecule has 0 saturated carbocycles. The molecule has 3 aromatic rings. The zero-order chi connectivity index (χ0) is 19.5. The van der Waals surface area contributed by atoms with E-state index in [1.165, 1.54) is 11.0 Å². The predicted molar refractivity (Wildman–Crippen MR) is 118 cm³/mol. The number of nitrogens with one attached hydrogen (secondary N) is 2. The van der Waals surface area contributed by atoms with E-state index in [9.17, 15) is 10.1 Å². The summed E-state index contributed by atoms with van der Waals surface area (Å²) in [5, 5.41) is 18.2. The molecule has 4 rings (SSSR count). The summed E-state index contributed by atoms with van der Waals surface area (Å²) in [6.07, 6.45) is 6.28. The van der Waals surface area contributed by atoms with Crippen molar-refractivity contribution in [2.45, 2.75) is 19.3 Å². The van der Waals surface area contributed by atoms with Crippen LogP contribution in [0.25, 0.3) is 16.8 Å². The van der Waals surface area contributed by atoms with E-state index in [0.717, 1.165) is 46.2 Å². The monoisotopic (exact) mass is 403 g/mol. The first-order valence-electron chi connectivity index (χ1n) is 8.98. The number of benzene rings is 2. The standard InChI is InChI=1S/C22H17N3OS2/c23-13-18-17-9-4-10-19(17)28-21(18)25-22(27)24-20(26)12-11-15-7-3-6-14-5-1-2-8-16(14)15/h1-3,5-8,11-12H,4,9-10H2,(H2,24,25,26,27)/b12-11+. The number of carbonyl (C=O) groups excluding carboxylic acids is 1. The number of thiophene rings is 1. The normalized spacial score (nSPS) is 12.7. The van der Waals surface area contributed by atoms with Gasteiger partial charge in [0, 0.05) is 11.0 Å². The molecule has 0 fully saturated rings. The first-order valence-corrected chi connectivity index (χ1v) is 10.2. The number of anilines is 1. The lowest BCUT2D eigenvalue weighted by Crippen LogP contribution is -2.32. The Labute approximate surface area is 172 Å². The lowest BCUT2D eigenvalue weighted by molar-refractivity contribution is -0.115. The van der Waals surface area contributed by atoms with E-state index in [0.29, 0.717) is 5.56 Å². The van der Waals surface area contributed by atoms with Gasteiger partial charge in [-0.1, -0.05) is 42.5 Å². The number of amides is 1. The van der Waals surface area contributed by atoms with E-state index in [2.05, 4.69) is 16.7 Å². The SMILES string of the molecule is N#Cc1c(NC(=S)NC(=O)/C=C/c2cccc3ccccc23)sc2c1CCC2. The average Bonchev–Trinajstić information content (AvgIpc) is 3.26. The Morgan fingerprint density at radius 1 is 1.18 bits per heavy atom. The first-order chi connectivity index (χ1) is 13.7. The maximum Gasteiger partial charge on any atom is 0.250 e. The molecule has 0 spiro atoms. The molecule has 0 bridgehead atoms. The number of aryl methyl sites for hydroxylation is 1. The van der Waals surface area contributed by atoms with Crippen LogP contribution in [0.2, 0.25) is 0 Å². The van der Waals surface area contributed by atoms with Crippen molar-refractivity contribution in [1.29, 1.82) is 5.26 Å². The van der Waals surface area contributed by atoms with Gasteiger partial charge in [-0.25, -0.2) is 0 Å². The third kappa shape index (κ3) is 3.68. The number of carbonyl (C=O) groups is 1. The van der Waals surface area contributed by atoms with E-state index in [4.69, 9.17) is 12.2 Å². The summed E-state index contributed by atoms with van der Waals surface area (Å²) in [5.74, 6) is -0.312. The zero-order valence-corrected chi connectivity index (χ0v) is 16.6. The van der Waals surface area contributed by atoms with Gasteiger partial charge in [0.25, 0.3) is 0 Å². The zero-order valence-electron chi connectivity index (χ0n) is 15.0. The Hall–Kier alpha value is -3.01. The summed E-state index contributed by atoms with van der Waals surface area (Å²) in [4.78, 5) is 13.5. The van der Waals surface area contributed by atoms with Crippen LogP contribution in [0.1, 0.15) is 28.0 Å². The van der Waals surface area contributed by atoms with Crippen LogP contribution < -0.4 is 10.6 Å². The van der Waals surface area contributed by atoms with Crippen LogP contribution in [0, 0.1) is 11.3 Å². The molecule has 1 amide bonds. The fraction of sp³-hybridized carbons (Fsp3) is 0.136. The molecule has 2 aromatic carbocycles. The topological polar surface area (TPSA) is 64.9 Å². The van der Waals surface area contributed by atoms with Crippen LogP contribution in [0.5, 0.6) is 0 Å². The maximum absolute atomic E-state index is 12.3. The number of hydrogen-bond donors (Lipinski definition) is 2. The van der Waals surface area contributed by atoms with E-state index >= 15 is 0 Å². The van der Waals surface area contributed by atoms with Gasteiger partial charge in [0.05, 0.1) is 5.56 Å². The second-order valence-electron chi connectivity index (χ2n) is 6.52. The minimum Gasteiger partial charge on any atom is -0.323 e. The lowest BCUT2D eigenvalue weighted by Gasteiger charge is -2.07. The molecular formula is C22H17N3OS2. The summed E-state index contributed by atoms with van der Waals surface area (Å²) in [7, 11) is 0. The molecule has 0 saturated heterocycles. The molecule has 1 aromatic heterocycles. The third-order valence-corrected chi connectivity index (χ3v) is 6.15. The van der Waals surface area contributed by atoms with Gasteiger partial charge in [0.15, 0.2) is 5.11 Å². The van der Waals surface area contributed by atoms with Crippen LogP contribution in [-0.4, -0.2) is 11.0 Å². The molecule has 1 aliphatic rings. The molecule has 0 atom stereocenters. The Morgan fingerprint density at radius 2 is 2.00 bits per heavy atom. The first kappa shape index (κ1) is 18.4. The highest BCUT2D eigenvalue weighted by atomic mass is 32.1. The molecule has 138 valence electrons. The molecule has 6 heteroatoms. The van der Waals surface area contributed by atoms with Crippen LogP contribution in [0.15, 0.2) is 48.5 Å². The molecule has 1 aliphatic carbocycles. The van der Waals surface area contributed by atoms with Gasteiger partial charge in [0.2, 0.25) is 5.91 Å². The molecule has 0 unspecified atom stereocenters. The van der Waals surface area contributed by atoms with Gasteiger partial charge < -0.3 is 5.32 Å². The van der Waals surface area contributed by atoms with Crippen molar-refractivity contribution in [3.63, 3.8) is 0 Å². The van der Waals surface area contributed by atoms with Crippen molar-refractivity contribution in [1.82, 2.24) is 5.32 Å². The number of hydrogen-bond acceptors (Lipinski definition) is 4. The van der Waals surface area contributed by atoms with Gasteiger partial charge in [0.1, 0.15) is 11.1 Å². The van der Waals surface area contributed by atoms with Crippen LogP contribution in [0.3, 0.4) is 0 Å². The third-order valence-electron chi connectivity index (χ3n) is 4.73. The lowest BCUT2D eigenvalue weighted by atomic mass is 10.0. The summed E-state index contributed by atoms with van der Waals surface area (Å²) < 4.78 is 0. The van der Waals surface area contributed by atoms with E-state index in [-0.39, 0.29) is 11.0 Å². The van der Waals surface area contributed by atoms with Crippen molar-refractivity contribution >= 4 is 56.4 Å². The second kappa shape index (κ2) is 7.93. The largest absolute Gasteiger partial charge is 0.323 e. The highest BCUT2D eigenvalue weighted by Gasteiger charge is 2.22. The molecule has 2 N–H and O–H groups in total. The highest BCUT2D eigenvalue weighted by molar-refractivity contribution is 7.80. The molecule has 1 heterocycles. The van der Waals surface area contributed by atoms with Crippen LogP contribution in [-0.2, 0) is 17.6 Å². The van der Waals surface area contributed by atoms with Gasteiger partial charge >= 0.3 is 0 Å². The fourth-order valence-electron chi connectivity index (χ4n) is 3.46. The summed E-state index contributed by atoms with van der Waals surface area (Å²) in [5.41, 5.74) is 2.74. The Bertz CT molecular complexity index is 1150. The number of rotatable bonds is 3. The van der Waals surface area contributed by atoms with Crippen LogP contribution >= 0.6 is 23.6 Å². The second-order valence-corrected chi connectivity index (χ2v) is 8.03. The number of nitriles is 1. The van der Waals surface area contributed by atoms with E-state index in [1.54, 1.807) is 17.4 Å². The van der Waals surface area contributed by atoms with Gasteiger partial charge in [-0.05, 0) is 59.5 Å². The summed E-state index contributed by atoms with van der Waals surface area (Å²) >= 11 is 6.80. The van der Waals surface area contributed by atoms with Gasteiger partial charge in [-0.3, -0.25) is 10.1 Å². The molecular weight excluding hydrogens is 386 g/mol. The number of nitrogens with zero attached hydrogens (tertiary/aromatic N) is 1. The van der Waals surface area contributed by atoms with Crippen molar-refractivity contribution in [3.8, 4) is 6.07 Å². The van der Waals surface area contributed by atoms with E-state index in [1.807, 2.05) is 42.5 Å². The molecule has 0 radical (unpaired) electrons. The molecule has 0 aliphatic heterocycles. The summed E-state index contributed by atoms with van der Waals surface area (Å²) in [6, 6.07) is 16.3. The molecule has 4 nitrogen and oxygen atoms in total. The van der Waals surface area contributed by atoms with E-state index < -0.39 is 0 Å². The van der Waals surface area contributed by atoms with Gasteiger partial charge in [-0.15, -0.1) is 11.3 Å².